The van der Waals surface area contributed by atoms with Gasteiger partial charge in [-0.1, -0.05) is 61.8 Å². The van der Waals surface area contributed by atoms with Gasteiger partial charge in [-0.05, 0) is 108 Å². The quantitative estimate of drug-likeness (QED) is 0.412. The van der Waals surface area contributed by atoms with Crippen molar-refractivity contribution in [1.82, 2.24) is 0 Å². The molecule has 5 saturated carbocycles. The molecule has 0 radical (unpaired) electrons. The fourth-order valence-electron chi connectivity index (χ4n) is 11.5. The minimum Gasteiger partial charge on any atom is -0.299 e. The summed E-state index contributed by atoms with van der Waals surface area (Å²) in [6, 6.07) is 0. The zero-order chi connectivity index (χ0) is 22.6. The Bertz CT molecular complexity index is 764. The summed E-state index contributed by atoms with van der Waals surface area (Å²) in [5.74, 6) is 4.47. The monoisotopic (exact) mass is 426 g/mol. The summed E-state index contributed by atoms with van der Waals surface area (Å²) in [5, 5.41) is 0. The maximum Gasteiger partial charge on any atom is 0.137 e. The summed E-state index contributed by atoms with van der Waals surface area (Å²) in [5.41, 5.74) is 1.73. The number of rotatable bonds is 1. The molecule has 0 aromatic rings. The summed E-state index contributed by atoms with van der Waals surface area (Å²) >= 11 is 0. The smallest absolute Gasteiger partial charge is 0.137 e. The third-order valence-corrected chi connectivity index (χ3v) is 13.3. The maximum atomic E-state index is 14.3. The Balaban J connectivity index is 1.59. The van der Waals surface area contributed by atoms with Crippen LogP contribution in [0.1, 0.15) is 120 Å². The summed E-state index contributed by atoms with van der Waals surface area (Å²) in [6.45, 7) is 20.4. The molecule has 0 heterocycles. The lowest BCUT2D eigenvalue weighted by molar-refractivity contribution is -0.229. The first-order valence-electron chi connectivity index (χ1n) is 13.8. The van der Waals surface area contributed by atoms with Gasteiger partial charge in [0.2, 0.25) is 0 Å². The van der Waals surface area contributed by atoms with Crippen LogP contribution >= 0.6 is 0 Å². The summed E-state index contributed by atoms with van der Waals surface area (Å²) in [4.78, 5) is 14.3. The number of carbonyl (C=O) groups is 1. The Morgan fingerprint density at radius 1 is 0.774 bits per heavy atom. The van der Waals surface area contributed by atoms with Crippen molar-refractivity contribution in [2.75, 3.05) is 0 Å². The van der Waals surface area contributed by atoms with Crippen molar-refractivity contribution in [1.29, 1.82) is 0 Å². The second kappa shape index (κ2) is 6.63. The van der Waals surface area contributed by atoms with Gasteiger partial charge in [-0.25, -0.2) is 0 Å². The van der Waals surface area contributed by atoms with Gasteiger partial charge in [0.15, 0.2) is 0 Å². The van der Waals surface area contributed by atoms with Gasteiger partial charge in [-0.3, -0.25) is 4.79 Å². The molecule has 9 atom stereocenters. The van der Waals surface area contributed by atoms with Crippen LogP contribution in [0.4, 0.5) is 0 Å². The Morgan fingerprint density at radius 2 is 1.48 bits per heavy atom. The van der Waals surface area contributed by atoms with E-state index in [1.54, 1.807) is 0 Å². The first kappa shape index (κ1) is 22.5. The summed E-state index contributed by atoms with van der Waals surface area (Å²) in [6.07, 6.45) is 13.1. The van der Waals surface area contributed by atoms with Crippen LogP contribution in [0.3, 0.4) is 0 Å². The van der Waals surface area contributed by atoms with E-state index in [4.69, 9.17) is 0 Å². The van der Waals surface area contributed by atoms with Gasteiger partial charge < -0.3 is 0 Å². The molecule has 5 fully saturated rings. The highest BCUT2D eigenvalue weighted by Gasteiger charge is 2.71. The molecule has 1 nitrogen and oxygen atoms in total. The molecule has 0 N–H and O–H groups in total. The SMILES string of the molecule is CC(C)C1CC[C@]2(C)CCC3(C)C(C(=O)CC4[C@@]5(C)CCCC(C)(C)C5CC[C@]43C)C12. The minimum atomic E-state index is 0.199. The van der Waals surface area contributed by atoms with Gasteiger partial charge in [0, 0.05) is 12.3 Å². The van der Waals surface area contributed by atoms with Gasteiger partial charge in [0.05, 0.1) is 0 Å². The lowest BCUT2D eigenvalue weighted by Crippen LogP contribution is -2.67. The Kier molecular flexibility index (Phi) is 4.80. The second-order valence-electron chi connectivity index (χ2n) is 15.1. The van der Waals surface area contributed by atoms with E-state index in [0.717, 1.165) is 18.3 Å². The van der Waals surface area contributed by atoms with Crippen molar-refractivity contribution < 1.29 is 4.79 Å². The molecule has 0 saturated heterocycles. The third kappa shape index (κ3) is 2.70. The van der Waals surface area contributed by atoms with Crippen LogP contribution in [0.5, 0.6) is 0 Å². The van der Waals surface area contributed by atoms with Crippen molar-refractivity contribution in [3.05, 3.63) is 0 Å². The van der Waals surface area contributed by atoms with Crippen LogP contribution in [0.15, 0.2) is 0 Å². The first-order valence-corrected chi connectivity index (χ1v) is 13.8. The number of fused-ring (bicyclic) bond motifs is 7. The van der Waals surface area contributed by atoms with Crippen LogP contribution in [-0.2, 0) is 4.79 Å². The summed E-state index contributed by atoms with van der Waals surface area (Å²) in [7, 11) is 0. The van der Waals surface area contributed by atoms with Gasteiger partial charge in [0.1, 0.15) is 5.78 Å². The number of hydrogen-bond acceptors (Lipinski definition) is 1. The molecule has 0 amide bonds. The molecule has 0 aliphatic heterocycles. The van der Waals surface area contributed by atoms with Gasteiger partial charge >= 0.3 is 0 Å². The fourth-order valence-corrected chi connectivity index (χ4v) is 11.5. The van der Waals surface area contributed by atoms with E-state index in [-0.39, 0.29) is 5.41 Å². The third-order valence-electron chi connectivity index (χ3n) is 13.3. The predicted molar refractivity (Wildman–Crippen MR) is 130 cm³/mol. The van der Waals surface area contributed by atoms with Crippen LogP contribution in [0, 0.1) is 62.6 Å². The highest BCUT2D eigenvalue weighted by molar-refractivity contribution is 5.84. The Hall–Kier alpha value is -0.330. The van der Waals surface area contributed by atoms with Crippen LogP contribution in [0.2, 0.25) is 0 Å². The molecular formula is C30H50O. The lowest BCUT2D eigenvalue weighted by atomic mass is 9.32. The largest absolute Gasteiger partial charge is 0.299 e. The molecule has 176 valence electrons. The fraction of sp³-hybridized carbons (Fsp3) is 0.967. The summed E-state index contributed by atoms with van der Waals surface area (Å²) < 4.78 is 0. The van der Waals surface area contributed by atoms with Crippen molar-refractivity contribution in [2.24, 2.45) is 62.6 Å². The van der Waals surface area contributed by atoms with Gasteiger partial charge in [-0.2, -0.15) is 0 Å². The zero-order valence-corrected chi connectivity index (χ0v) is 21.9. The first-order chi connectivity index (χ1) is 14.3. The number of carbonyl (C=O) groups excluding carboxylic acids is 1. The van der Waals surface area contributed by atoms with E-state index in [2.05, 4.69) is 55.4 Å². The number of hydrogen-bond donors (Lipinski definition) is 0. The van der Waals surface area contributed by atoms with E-state index in [1.165, 1.54) is 57.8 Å². The molecule has 0 bridgehead atoms. The van der Waals surface area contributed by atoms with E-state index in [1.807, 2.05) is 0 Å². The topological polar surface area (TPSA) is 17.1 Å². The molecule has 6 unspecified atom stereocenters. The Labute approximate surface area is 192 Å². The standard InChI is InChI=1S/C30H50O/c1-19(2)20-10-14-27(5)16-17-30(8)25(24(20)27)21(31)18-23-28(6)13-9-12-26(3,4)22(28)11-15-29(23,30)7/h19-20,22-25H,9-18H2,1-8H3/t20?,22?,23?,24?,25?,27-,28+,29-,30?/m1/s1. The molecule has 0 aromatic carbocycles. The van der Waals surface area contributed by atoms with Crippen LogP contribution in [-0.4, -0.2) is 5.78 Å². The van der Waals surface area contributed by atoms with E-state index < -0.39 is 0 Å². The van der Waals surface area contributed by atoms with Crippen molar-refractivity contribution in [3.8, 4) is 0 Å². The van der Waals surface area contributed by atoms with Crippen molar-refractivity contribution >= 4 is 5.78 Å². The lowest BCUT2D eigenvalue weighted by Gasteiger charge is -2.72. The molecular weight excluding hydrogens is 376 g/mol. The highest BCUT2D eigenvalue weighted by Crippen LogP contribution is 2.76. The maximum absolute atomic E-state index is 14.3. The minimum absolute atomic E-state index is 0.199. The van der Waals surface area contributed by atoms with Crippen molar-refractivity contribution in [3.63, 3.8) is 0 Å². The number of ketones is 1. The molecule has 31 heavy (non-hydrogen) atoms. The molecule has 1 heteroatoms. The highest BCUT2D eigenvalue weighted by atomic mass is 16.1. The molecule has 5 aliphatic rings. The number of Topliss-reactive ketones (excluding diaryl/α,β-unsaturated/α-hetero) is 1. The van der Waals surface area contributed by atoms with E-state index >= 15 is 0 Å². The molecule has 0 spiro atoms. The average Bonchev–Trinajstić information content (AvgIpc) is 3.01. The molecule has 5 aliphatic carbocycles. The van der Waals surface area contributed by atoms with E-state index in [0.29, 0.717) is 51.1 Å². The molecule has 0 aromatic heterocycles. The zero-order valence-electron chi connectivity index (χ0n) is 21.9. The van der Waals surface area contributed by atoms with Crippen LogP contribution in [0.25, 0.3) is 0 Å². The molecule has 5 rings (SSSR count). The van der Waals surface area contributed by atoms with Crippen molar-refractivity contribution in [2.45, 2.75) is 120 Å². The van der Waals surface area contributed by atoms with Gasteiger partial charge in [-0.15, -0.1) is 0 Å². The Morgan fingerprint density at radius 3 is 2.16 bits per heavy atom. The predicted octanol–water partition coefficient (Wildman–Crippen LogP) is 8.31. The average molecular weight is 427 g/mol. The van der Waals surface area contributed by atoms with Crippen LogP contribution < -0.4 is 0 Å². The van der Waals surface area contributed by atoms with Gasteiger partial charge in [0.25, 0.3) is 0 Å². The normalized spacial score (nSPS) is 55.9. The van der Waals surface area contributed by atoms with E-state index in [9.17, 15) is 4.79 Å². The second-order valence-corrected chi connectivity index (χ2v) is 15.1.